The molecule has 1 aliphatic rings. The molecule has 0 bridgehead atoms. The van der Waals surface area contributed by atoms with E-state index in [2.05, 4.69) is 4.72 Å². The largest absolute Gasteiger partial charge is 0.394 e. The molecule has 0 aromatic heterocycles. The van der Waals surface area contributed by atoms with Crippen LogP contribution in [0.5, 0.6) is 0 Å². The van der Waals surface area contributed by atoms with Crippen molar-refractivity contribution >= 4 is 15.7 Å². The van der Waals surface area contributed by atoms with Crippen molar-refractivity contribution in [3.05, 3.63) is 23.8 Å². The van der Waals surface area contributed by atoms with Crippen LogP contribution in [0.2, 0.25) is 0 Å². The summed E-state index contributed by atoms with van der Waals surface area (Å²) in [6.07, 6.45) is 1.74. The van der Waals surface area contributed by atoms with E-state index in [0.29, 0.717) is 12.8 Å². The molecule has 8 heteroatoms. The predicted molar refractivity (Wildman–Crippen MR) is 69.4 cm³/mol. The van der Waals surface area contributed by atoms with Crippen LogP contribution in [0.1, 0.15) is 25.7 Å². The molecule has 0 amide bonds. The summed E-state index contributed by atoms with van der Waals surface area (Å²) in [5.41, 5.74) is 4.31. The van der Waals surface area contributed by atoms with Crippen LogP contribution < -0.4 is 10.5 Å². The lowest BCUT2D eigenvalue weighted by molar-refractivity contribution is 0.101. The van der Waals surface area contributed by atoms with Crippen molar-refractivity contribution in [3.8, 4) is 0 Å². The maximum atomic E-state index is 13.8. The molecule has 0 saturated heterocycles. The Hall–Kier alpha value is -1.25. The van der Waals surface area contributed by atoms with Gasteiger partial charge < -0.3 is 10.8 Å². The molecule has 1 fully saturated rings. The van der Waals surface area contributed by atoms with E-state index in [1.54, 1.807) is 0 Å². The van der Waals surface area contributed by atoms with Gasteiger partial charge in [-0.15, -0.1) is 0 Å². The number of aliphatic hydroxyl groups excluding tert-OH is 1. The molecule has 0 aliphatic heterocycles. The number of sulfonamides is 1. The van der Waals surface area contributed by atoms with Crippen LogP contribution in [-0.2, 0) is 10.0 Å². The zero-order valence-corrected chi connectivity index (χ0v) is 11.5. The molecule has 1 aromatic rings. The third-order valence-corrected chi connectivity index (χ3v) is 4.92. The number of halogens is 2. The lowest BCUT2D eigenvalue weighted by Gasteiger charge is -2.28. The minimum atomic E-state index is -4.19. The van der Waals surface area contributed by atoms with Crippen molar-refractivity contribution < 1.29 is 22.3 Å². The molecule has 5 nitrogen and oxygen atoms in total. The first kappa shape index (κ1) is 15.1. The second kappa shape index (κ2) is 5.63. The summed E-state index contributed by atoms with van der Waals surface area (Å²) in [6.45, 7) is 0. The van der Waals surface area contributed by atoms with E-state index in [1.165, 1.54) is 0 Å². The van der Waals surface area contributed by atoms with Crippen molar-refractivity contribution in [1.29, 1.82) is 0 Å². The molecule has 20 heavy (non-hydrogen) atoms. The minimum absolute atomic E-state index is 0.471. The highest BCUT2D eigenvalue weighted by Gasteiger charge is 2.30. The van der Waals surface area contributed by atoms with Crippen LogP contribution in [0.4, 0.5) is 14.5 Å². The fourth-order valence-electron chi connectivity index (χ4n) is 2.27. The molecule has 2 rings (SSSR count). The monoisotopic (exact) mass is 306 g/mol. The lowest BCUT2D eigenvalue weighted by atomic mass is 9.93. The van der Waals surface area contributed by atoms with Gasteiger partial charge in [0.1, 0.15) is 16.4 Å². The third kappa shape index (κ3) is 2.92. The number of hydrogen-bond acceptors (Lipinski definition) is 4. The van der Waals surface area contributed by atoms with Crippen LogP contribution in [-0.4, -0.2) is 25.7 Å². The number of aliphatic hydroxyl groups is 1. The number of nitrogen functional groups attached to an aromatic ring is 1. The quantitative estimate of drug-likeness (QED) is 0.730. The van der Waals surface area contributed by atoms with Gasteiger partial charge in [0.2, 0.25) is 10.0 Å². The van der Waals surface area contributed by atoms with Crippen molar-refractivity contribution in [2.24, 2.45) is 0 Å². The summed E-state index contributed by atoms with van der Waals surface area (Å²) < 4.78 is 53.2. The van der Waals surface area contributed by atoms with Crippen LogP contribution in [0, 0.1) is 11.6 Å². The number of benzene rings is 1. The van der Waals surface area contributed by atoms with E-state index in [0.717, 1.165) is 25.0 Å². The van der Waals surface area contributed by atoms with Crippen LogP contribution >= 0.6 is 0 Å². The normalized spacial score (nSPS) is 23.8. The Morgan fingerprint density at radius 3 is 2.55 bits per heavy atom. The molecule has 2 atom stereocenters. The summed E-state index contributed by atoms with van der Waals surface area (Å²) in [7, 11) is -4.19. The molecule has 1 aliphatic carbocycles. The van der Waals surface area contributed by atoms with Crippen molar-refractivity contribution in [2.75, 3.05) is 5.73 Å². The number of nitrogens with two attached hydrogens (primary N) is 1. The third-order valence-electron chi connectivity index (χ3n) is 3.42. The highest BCUT2D eigenvalue weighted by molar-refractivity contribution is 7.89. The summed E-state index contributed by atoms with van der Waals surface area (Å²) in [5, 5.41) is 9.74. The average molecular weight is 306 g/mol. The second-order valence-electron chi connectivity index (χ2n) is 4.85. The lowest BCUT2D eigenvalue weighted by Crippen LogP contribution is -2.45. The first-order valence-corrected chi connectivity index (χ1v) is 7.75. The number of anilines is 1. The van der Waals surface area contributed by atoms with Crippen molar-refractivity contribution in [3.63, 3.8) is 0 Å². The fourth-order valence-corrected chi connectivity index (χ4v) is 3.66. The average Bonchev–Trinajstić information content (AvgIpc) is 2.38. The Kier molecular flexibility index (Phi) is 4.26. The number of rotatable bonds is 3. The summed E-state index contributed by atoms with van der Waals surface area (Å²) in [6, 6.07) is 0.947. The van der Waals surface area contributed by atoms with Crippen LogP contribution in [0.3, 0.4) is 0 Å². The van der Waals surface area contributed by atoms with Gasteiger partial charge in [0, 0.05) is 6.04 Å². The summed E-state index contributed by atoms with van der Waals surface area (Å²) in [5.74, 6) is -2.33. The maximum absolute atomic E-state index is 13.8. The molecule has 0 spiro atoms. The van der Waals surface area contributed by atoms with Gasteiger partial charge in [0.15, 0.2) is 5.82 Å². The molecule has 0 unspecified atom stereocenters. The van der Waals surface area contributed by atoms with Gasteiger partial charge in [-0.3, -0.25) is 0 Å². The van der Waals surface area contributed by atoms with Gasteiger partial charge >= 0.3 is 0 Å². The Labute approximate surface area is 115 Å². The first-order chi connectivity index (χ1) is 9.33. The van der Waals surface area contributed by atoms with Crippen molar-refractivity contribution in [2.45, 2.75) is 42.7 Å². The van der Waals surface area contributed by atoms with Crippen LogP contribution in [0.25, 0.3) is 0 Å². The van der Waals surface area contributed by atoms with Crippen molar-refractivity contribution in [1.82, 2.24) is 4.72 Å². The topological polar surface area (TPSA) is 92.4 Å². The van der Waals surface area contributed by atoms with E-state index >= 15 is 0 Å². The molecule has 0 radical (unpaired) electrons. The maximum Gasteiger partial charge on any atom is 0.243 e. The van der Waals surface area contributed by atoms with Gasteiger partial charge in [0.05, 0.1) is 6.10 Å². The highest BCUT2D eigenvalue weighted by atomic mass is 32.2. The minimum Gasteiger partial charge on any atom is -0.394 e. The number of hydrogen-bond donors (Lipinski definition) is 3. The van der Waals surface area contributed by atoms with Gasteiger partial charge in [-0.2, -0.15) is 0 Å². The molecular formula is C12H16F2N2O3S. The molecule has 1 saturated carbocycles. The molecule has 0 heterocycles. The smallest absolute Gasteiger partial charge is 0.243 e. The molecule has 112 valence electrons. The van der Waals surface area contributed by atoms with Gasteiger partial charge in [0.25, 0.3) is 0 Å². The van der Waals surface area contributed by atoms with Gasteiger partial charge in [-0.05, 0) is 25.0 Å². The van der Waals surface area contributed by atoms with E-state index in [4.69, 9.17) is 5.73 Å². The van der Waals surface area contributed by atoms with Crippen LogP contribution in [0.15, 0.2) is 17.0 Å². The molecular weight excluding hydrogens is 290 g/mol. The zero-order chi connectivity index (χ0) is 14.9. The Bertz CT molecular complexity index is 607. The fraction of sp³-hybridized carbons (Fsp3) is 0.500. The highest BCUT2D eigenvalue weighted by Crippen LogP contribution is 2.25. The SMILES string of the molecule is Nc1c(F)ccc(S(=O)(=O)N[C@H]2CCCC[C@@H]2O)c1F. The molecule has 4 N–H and O–H groups in total. The van der Waals surface area contributed by atoms with E-state index in [-0.39, 0.29) is 0 Å². The molecule has 1 aromatic carbocycles. The number of nitrogens with one attached hydrogen (secondary N) is 1. The first-order valence-electron chi connectivity index (χ1n) is 6.27. The van der Waals surface area contributed by atoms with Gasteiger partial charge in [-0.1, -0.05) is 12.8 Å². The Balaban J connectivity index is 2.29. The summed E-state index contributed by atoms with van der Waals surface area (Å²) in [4.78, 5) is -0.714. The summed E-state index contributed by atoms with van der Waals surface area (Å²) >= 11 is 0. The van der Waals surface area contributed by atoms with E-state index in [9.17, 15) is 22.3 Å². The zero-order valence-electron chi connectivity index (χ0n) is 10.6. The standard InChI is InChI=1S/C12H16F2N2O3S/c13-7-5-6-10(11(14)12(7)15)20(18,19)16-8-3-1-2-4-9(8)17/h5-6,8-9,16-17H,1-4,15H2/t8-,9-/m0/s1. The predicted octanol–water partition coefficient (Wildman–Crippen LogP) is 1.13. The Morgan fingerprint density at radius 2 is 1.90 bits per heavy atom. The van der Waals surface area contributed by atoms with E-state index < -0.39 is 44.4 Å². The second-order valence-corrected chi connectivity index (χ2v) is 6.54. The Morgan fingerprint density at radius 1 is 1.25 bits per heavy atom. The van der Waals surface area contributed by atoms with E-state index in [1.807, 2.05) is 0 Å². The van der Waals surface area contributed by atoms with Gasteiger partial charge in [-0.25, -0.2) is 21.9 Å².